The van der Waals surface area contributed by atoms with E-state index in [9.17, 15) is 18.0 Å². The number of ether oxygens (including phenoxy) is 1. The zero-order valence-electron chi connectivity index (χ0n) is 15.9. The molecule has 3 aromatic heterocycles. The first-order valence-corrected chi connectivity index (χ1v) is 10.5. The maximum Gasteiger partial charge on any atom is 0.443 e. The molecule has 30 heavy (non-hydrogen) atoms. The molecular formula is C19H18F3N5O2S. The quantitative estimate of drug-likeness (QED) is 0.657. The number of thiazole rings is 1. The molecule has 7 nitrogen and oxygen atoms in total. The number of hydrogen-bond acceptors (Lipinski definition) is 6. The molecule has 5 rings (SSSR count). The number of hydrogen-bond donors (Lipinski definition) is 1. The molecule has 1 aliphatic carbocycles. The minimum atomic E-state index is -4.50. The van der Waals surface area contributed by atoms with Crippen LogP contribution in [0.2, 0.25) is 0 Å². The molecular weight excluding hydrogens is 419 g/mol. The minimum Gasteiger partial charge on any atom is -0.473 e. The van der Waals surface area contributed by atoms with E-state index in [0.29, 0.717) is 52.3 Å². The molecule has 2 aliphatic rings. The van der Waals surface area contributed by atoms with Gasteiger partial charge in [0, 0.05) is 31.1 Å². The summed E-state index contributed by atoms with van der Waals surface area (Å²) in [5.74, 6) is 0.297. The third-order valence-corrected chi connectivity index (χ3v) is 6.50. The number of halogens is 3. The summed E-state index contributed by atoms with van der Waals surface area (Å²) in [6, 6.07) is 2.00. The molecule has 2 fully saturated rings. The zero-order valence-corrected chi connectivity index (χ0v) is 16.8. The Bertz CT molecular complexity index is 1120. The molecule has 0 bridgehead atoms. The Hall–Kier alpha value is -2.69. The first-order valence-electron chi connectivity index (χ1n) is 9.64. The van der Waals surface area contributed by atoms with Crippen LogP contribution in [-0.4, -0.2) is 38.1 Å². The summed E-state index contributed by atoms with van der Waals surface area (Å²) < 4.78 is 47.1. The van der Waals surface area contributed by atoms with E-state index in [0.717, 1.165) is 18.4 Å². The van der Waals surface area contributed by atoms with Crippen molar-refractivity contribution >= 4 is 28.3 Å². The van der Waals surface area contributed by atoms with Gasteiger partial charge in [-0.05, 0) is 25.8 Å². The highest BCUT2D eigenvalue weighted by molar-refractivity contribution is 7.15. The second-order valence-electron chi connectivity index (χ2n) is 7.68. The molecule has 0 spiro atoms. The average molecular weight is 437 g/mol. The Labute approximate surface area is 173 Å². The molecule has 0 radical (unpaired) electrons. The molecule has 1 unspecified atom stereocenters. The molecule has 0 aromatic carbocycles. The van der Waals surface area contributed by atoms with E-state index in [1.54, 1.807) is 12.4 Å². The predicted octanol–water partition coefficient (Wildman–Crippen LogP) is 3.81. The van der Waals surface area contributed by atoms with Crippen LogP contribution >= 0.6 is 11.3 Å². The SMILES string of the molecule is C[C@@H](Oc1nc(-c2cnc(C(F)(F)F)s2)cc2ncn(C3CC3)c12)C1CNC(=O)C1. The third kappa shape index (κ3) is 3.51. The van der Waals surface area contributed by atoms with Crippen LogP contribution in [0.5, 0.6) is 5.88 Å². The van der Waals surface area contributed by atoms with Crippen molar-refractivity contribution in [2.24, 2.45) is 5.92 Å². The van der Waals surface area contributed by atoms with Crippen molar-refractivity contribution in [1.29, 1.82) is 0 Å². The van der Waals surface area contributed by atoms with Crippen molar-refractivity contribution in [1.82, 2.24) is 24.8 Å². The van der Waals surface area contributed by atoms with Crippen molar-refractivity contribution in [2.75, 3.05) is 6.54 Å². The van der Waals surface area contributed by atoms with Gasteiger partial charge in [0.1, 0.15) is 11.6 Å². The number of imidazole rings is 1. The smallest absolute Gasteiger partial charge is 0.443 e. The lowest BCUT2D eigenvalue weighted by Crippen LogP contribution is -2.26. The summed E-state index contributed by atoms with van der Waals surface area (Å²) >= 11 is 0.537. The Balaban J connectivity index is 1.55. The normalized spacial score (nSPS) is 20.5. The van der Waals surface area contributed by atoms with Gasteiger partial charge in [0.05, 0.1) is 22.4 Å². The monoisotopic (exact) mass is 437 g/mol. The second-order valence-corrected chi connectivity index (χ2v) is 8.71. The zero-order chi connectivity index (χ0) is 21.0. The lowest BCUT2D eigenvalue weighted by molar-refractivity contribution is -0.137. The number of carbonyl (C=O) groups is 1. The van der Waals surface area contributed by atoms with Crippen LogP contribution in [0, 0.1) is 5.92 Å². The molecule has 11 heteroatoms. The number of nitrogens with zero attached hydrogens (tertiary/aromatic N) is 4. The second kappa shape index (κ2) is 6.93. The number of aromatic nitrogens is 4. The minimum absolute atomic E-state index is 0.00413. The highest BCUT2D eigenvalue weighted by atomic mass is 32.1. The number of amides is 1. The molecule has 1 saturated heterocycles. The van der Waals surface area contributed by atoms with Gasteiger partial charge >= 0.3 is 6.18 Å². The summed E-state index contributed by atoms with van der Waals surface area (Å²) in [5.41, 5.74) is 1.67. The number of pyridine rings is 1. The molecule has 1 amide bonds. The molecule has 1 N–H and O–H groups in total. The van der Waals surface area contributed by atoms with E-state index in [-0.39, 0.29) is 17.9 Å². The van der Waals surface area contributed by atoms with E-state index in [1.807, 2.05) is 11.5 Å². The van der Waals surface area contributed by atoms with Gasteiger partial charge < -0.3 is 14.6 Å². The van der Waals surface area contributed by atoms with Gasteiger partial charge in [-0.2, -0.15) is 13.2 Å². The first kappa shape index (κ1) is 19.3. The van der Waals surface area contributed by atoms with Crippen molar-refractivity contribution in [3.05, 3.63) is 23.6 Å². The van der Waals surface area contributed by atoms with Crippen LogP contribution in [0.4, 0.5) is 13.2 Å². The lowest BCUT2D eigenvalue weighted by atomic mass is 10.0. The molecule has 1 saturated carbocycles. The maximum atomic E-state index is 13.0. The van der Waals surface area contributed by atoms with Gasteiger partial charge in [-0.1, -0.05) is 0 Å². The van der Waals surface area contributed by atoms with Crippen molar-refractivity contribution in [2.45, 2.75) is 44.5 Å². The van der Waals surface area contributed by atoms with Gasteiger partial charge in [0.15, 0.2) is 5.01 Å². The fraction of sp³-hybridized carbons (Fsp3) is 0.474. The molecule has 158 valence electrons. The third-order valence-electron chi connectivity index (χ3n) is 5.43. The highest BCUT2D eigenvalue weighted by Crippen LogP contribution is 2.42. The number of rotatable bonds is 5. The van der Waals surface area contributed by atoms with Crippen molar-refractivity contribution in [3.63, 3.8) is 0 Å². The summed E-state index contributed by atoms with van der Waals surface area (Å²) in [4.78, 5) is 24.3. The molecule has 3 aromatic rings. The van der Waals surface area contributed by atoms with Crippen LogP contribution in [0.3, 0.4) is 0 Å². The Kier molecular flexibility index (Phi) is 4.46. The van der Waals surface area contributed by atoms with Crippen LogP contribution < -0.4 is 10.1 Å². The summed E-state index contributed by atoms with van der Waals surface area (Å²) in [6.07, 6.45) is 0.530. The Morgan fingerprint density at radius 3 is 2.77 bits per heavy atom. The summed E-state index contributed by atoms with van der Waals surface area (Å²) in [7, 11) is 0. The fourth-order valence-corrected chi connectivity index (χ4v) is 4.36. The van der Waals surface area contributed by atoms with E-state index in [2.05, 4.69) is 20.3 Å². The first-order chi connectivity index (χ1) is 14.3. The van der Waals surface area contributed by atoms with E-state index < -0.39 is 11.2 Å². The average Bonchev–Trinajstić information content (AvgIpc) is 3.10. The number of fused-ring (bicyclic) bond motifs is 1. The van der Waals surface area contributed by atoms with Gasteiger partial charge in [-0.15, -0.1) is 11.3 Å². The standard InChI is InChI=1S/C19H18F3N5O2S/c1-9(10-4-15(28)23-6-10)29-17-16-13(25-8-27(16)11-2-3-11)5-12(26-17)14-7-24-18(30-14)19(20,21)22/h5,7-11H,2-4,6H2,1H3,(H,23,28)/t9-,10?/m1/s1. The van der Waals surface area contributed by atoms with Crippen molar-refractivity contribution < 1.29 is 22.7 Å². The van der Waals surface area contributed by atoms with Crippen molar-refractivity contribution in [3.8, 4) is 16.5 Å². The van der Waals surface area contributed by atoms with Crippen LogP contribution in [0.15, 0.2) is 18.6 Å². The van der Waals surface area contributed by atoms with E-state index in [4.69, 9.17) is 4.74 Å². The molecule has 2 atom stereocenters. The molecule has 4 heterocycles. The summed E-state index contributed by atoms with van der Waals surface area (Å²) in [5, 5.41) is 1.87. The van der Waals surface area contributed by atoms with Crippen LogP contribution in [-0.2, 0) is 11.0 Å². The van der Waals surface area contributed by atoms with Gasteiger partial charge in [-0.25, -0.2) is 15.0 Å². The van der Waals surface area contributed by atoms with Crippen LogP contribution in [0.25, 0.3) is 21.6 Å². The largest absolute Gasteiger partial charge is 0.473 e. The van der Waals surface area contributed by atoms with Gasteiger partial charge in [0.2, 0.25) is 11.8 Å². The van der Waals surface area contributed by atoms with Crippen LogP contribution in [0.1, 0.15) is 37.2 Å². The maximum absolute atomic E-state index is 13.0. The Morgan fingerprint density at radius 2 is 2.13 bits per heavy atom. The summed E-state index contributed by atoms with van der Waals surface area (Å²) in [6.45, 7) is 2.39. The Morgan fingerprint density at radius 1 is 1.33 bits per heavy atom. The van der Waals surface area contributed by atoms with Gasteiger partial charge in [0.25, 0.3) is 0 Å². The lowest BCUT2D eigenvalue weighted by Gasteiger charge is -2.20. The van der Waals surface area contributed by atoms with E-state index >= 15 is 0 Å². The number of alkyl halides is 3. The number of nitrogens with one attached hydrogen (secondary N) is 1. The fourth-order valence-electron chi connectivity index (χ4n) is 3.62. The number of carbonyl (C=O) groups excluding carboxylic acids is 1. The molecule has 1 aliphatic heterocycles. The van der Waals surface area contributed by atoms with E-state index in [1.165, 1.54) is 6.20 Å². The van der Waals surface area contributed by atoms with Gasteiger partial charge in [-0.3, -0.25) is 4.79 Å². The predicted molar refractivity (Wildman–Crippen MR) is 103 cm³/mol. The highest BCUT2D eigenvalue weighted by Gasteiger charge is 2.35. The topological polar surface area (TPSA) is 81.9 Å².